The average molecular weight is 432 g/mol. The molecule has 0 radical (unpaired) electrons. The second-order valence-electron chi connectivity index (χ2n) is 7.19. The molecule has 0 bridgehead atoms. The quantitative estimate of drug-likeness (QED) is 0.417. The summed E-state index contributed by atoms with van der Waals surface area (Å²) >= 11 is 0. The van der Waals surface area contributed by atoms with Crippen LogP contribution in [0.4, 0.5) is 5.69 Å². The Labute approximate surface area is 185 Å². The number of imidazole rings is 1. The van der Waals surface area contributed by atoms with E-state index >= 15 is 0 Å². The molecule has 6 heteroatoms. The van der Waals surface area contributed by atoms with E-state index in [1.54, 1.807) is 13.4 Å². The van der Waals surface area contributed by atoms with E-state index in [2.05, 4.69) is 28.8 Å². The molecule has 0 fully saturated rings. The lowest BCUT2D eigenvalue weighted by atomic mass is 9.98. The third kappa shape index (κ3) is 4.39. The zero-order valence-electron chi connectivity index (χ0n) is 17.8. The van der Waals surface area contributed by atoms with E-state index < -0.39 is 11.0 Å². The highest BCUT2D eigenvalue weighted by Gasteiger charge is 2.15. The first-order valence-corrected chi connectivity index (χ1v) is 11.3. The Morgan fingerprint density at radius 2 is 1.77 bits per heavy atom. The smallest absolute Gasteiger partial charge is 0.150 e. The van der Waals surface area contributed by atoms with Crippen LogP contribution < -0.4 is 9.46 Å². The molecule has 1 N–H and O–H groups in total. The maximum Gasteiger partial charge on any atom is 0.150 e. The lowest BCUT2D eigenvalue weighted by Crippen LogP contribution is -2.07. The van der Waals surface area contributed by atoms with Crippen LogP contribution in [0.1, 0.15) is 18.2 Å². The summed E-state index contributed by atoms with van der Waals surface area (Å²) in [5.41, 5.74) is 5.83. The van der Waals surface area contributed by atoms with Gasteiger partial charge >= 0.3 is 0 Å². The van der Waals surface area contributed by atoms with Gasteiger partial charge in [-0.2, -0.15) is 0 Å². The van der Waals surface area contributed by atoms with Gasteiger partial charge in [-0.15, -0.1) is 0 Å². The molecular formula is C25H25N3O2S. The van der Waals surface area contributed by atoms with Crippen LogP contribution in [0.3, 0.4) is 0 Å². The minimum absolute atomic E-state index is 0.670. The molecule has 0 saturated heterocycles. The molecule has 4 rings (SSSR count). The molecule has 5 nitrogen and oxygen atoms in total. The summed E-state index contributed by atoms with van der Waals surface area (Å²) in [5, 5.41) is 0. The van der Waals surface area contributed by atoms with E-state index in [0.29, 0.717) is 11.4 Å². The fourth-order valence-corrected chi connectivity index (χ4v) is 4.64. The summed E-state index contributed by atoms with van der Waals surface area (Å²) in [7, 11) is 0.187. The van der Waals surface area contributed by atoms with Crippen LogP contribution in [-0.2, 0) is 17.4 Å². The van der Waals surface area contributed by atoms with Crippen molar-refractivity contribution in [3.63, 3.8) is 0 Å². The maximum atomic E-state index is 13.3. The molecule has 158 valence electrons. The molecule has 1 unspecified atom stereocenters. The topological polar surface area (TPSA) is 56.2 Å². The molecule has 31 heavy (non-hydrogen) atoms. The number of ether oxygens (including phenoxy) is 1. The van der Waals surface area contributed by atoms with Crippen molar-refractivity contribution in [3.05, 3.63) is 90.5 Å². The van der Waals surface area contributed by atoms with E-state index in [4.69, 9.17) is 4.74 Å². The number of aryl methyl sites for hydroxylation is 2. The van der Waals surface area contributed by atoms with Crippen molar-refractivity contribution in [2.75, 3.05) is 11.8 Å². The molecule has 0 aliphatic rings. The molecular weight excluding hydrogens is 406 g/mol. The first-order valence-electron chi connectivity index (χ1n) is 10.2. The number of nitrogens with one attached hydrogen (secondary N) is 1. The Hall–Kier alpha value is -3.38. The van der Waals surface area contributed by atoms with Gasteiger partial charge in [-0.1, -0.05) is 49.4 Å². The molecule has 1 heterocycles. The standard InChI is InChI=1S/C25H25N3O2S/c1-4-19-9-5-6-10-21(19)22-11-7-8-12-25(22)31(29)27-20-13-14-23(24(15-20)30-3)28-16-18(2)26-17-28/h5-17,27H,4H2,1-3H3. The highest BCUT2D eigenvalue weighted by atomic mass is 32.2. The van der Waals surface area contributed by atoms with Gasteiger partial charge in [0.15, 0.2) is 11.0 Å². The highest BCUT2D eigenvalue weighted by Crippen LogP contribution is 2.31. The van der Waals surface area contributed by atoms with Crippen molar-refractivity contribution in [3.8, 4) is 22.6 Å². The van der Waals surface area contributed by atoms with Gasteiger partial charge in [0.05, 0.1) is 35.4 Å². The van der Waals surface area contributed by atoms with Crippen molar-refractivity contribution in [2.45, 2.75) is 25.2 Å². The molecule has 0 saturated carbocycles. The van der Waals surface area contributed by atoms with Crippen molar-refractivity contribution in [1.82, 2.24) is 9.55 Å². The Balaban J connectivity index is 1.65. The van der Waals surface area contributed by atoms with Crippen molar-refractivity contribution >= 4 is 16.7 Å². The molecule has 0 spiro atoms. The fraction of sp³-hybridized carbons (Fsp3) is 0.160. The minimum Gasteiger partial charge on any atom is -0.494 e. The lowest BCUT2D eigenvalue weighted by Gasteiger charge is -2.15. The number of hydrogen-bond acceptors (Lipinski definition) is 3. The molecule has 4 aromatic rings. The zero-order chi connectivity index (χ0) is 21.8. The number of aromatic nitrogens is 2. The van der Waals surface area contributed by atoms with Gasteiger partial charge in [0.2, 0.25) is 0 Å². The summed E-state index contributed by atoms with van der Waals surface area (Å²) in [6.07, 6.45) is 4.60. The van der Waals surface area contributed by atoms with Gasteiger partial charge in [0.25, 0.3) is 0 Å². The molecule has 0 aliphatic heterocycles. The Morgan fingerprint density at radius 3 is 2.48 bits per heavy atom. The van der Waals surface area contributed by atoms with Gasteiger partial charge in [-0.3, -0.25) is 0 Å². The van der Waals surface area contributed by atoms with Gasteiger partial charge in [-0.25, -0.2) is 9.19 Å². The van der Waals surface area contributed by atoms with Gasteiger partial charge in [0.1, 0.15) is 5.75 Å². The number of hydrogen-bond donors (Lipinski definition) is 1. The van der Waals surface area contributed by atoms with E-state index in [1.807, 2.05) is 72.3 Å². The van der Waals surface area contributed by atoms with Crippen LogP contribution in [0.25, 0.3) is 16.8 Å². The summed E-state index contributed by atoms with van der Waals surface area (Å²) < 4.78 is 23.9. The monoisotopic (exact) mass is 431 g/mol. The van der Waals surface area contributed by atoms with Gasteiger partial charge in [-0.05, 0) is 48.2 Å². The predicted octanol–water partition coefficient (Wildman–Crippen LogP) is 5.55. The maximum absolute atomic E-state index is 13.3. The largest absolute Gasteiger partial charge is 0.494 e. The lowest BCUT2D eigenvalue weighted by molar-refractivity contribution is 0.413. The first kappa shape index (κ1) is 20.9. The van der Waals surface area contributed by atoms with Crippen molar-refractivity contribution < 1.29 is 8.95 Å². The number of anilines is 1. The summed E-state index contributed by atoms with van der Waals surface area (Å²) in [6, 6.07) is 21.8. The van der Waals surface area contributed by atoms with Gasteiger partial charge < -0.3 is 14.0 Å². The second-order valence-corrected chi connectivity index (χ2v) is 8.37. The van der Waals surface area contributed by atoms with E-state index in [9.17, 15) is 4.21 Å². The van der Waals surface area contributed by atoms with Gasteiger partial charge in [0, 0.05) is 12.3 Å². The Bertz CT molecular complexity index is 1230. The Kier molecular flexibility index (Phi) is 6.18. The molecule has 0 aliphatic carbocycles. The van der Waals surface area contributed by atoms with E-state index in [0.717, 1.165) is 33.8 Å². The van der Waals surface area contributed by atoms with E-state index in [1.165, 1.54) is 5.56 Å². The number of methoxy groups -OCH3 is 1. The fourth-order valence-electron chi connectivity index (χ4n) is 3.61. The molecule has 0 amide bonds. The first-order chi connectivity index (χ1) is 15.1. The number of benzene rings is 3. The molecule has 1 aromatic heterocycles. The van der Waals surface area contributed by atoms with Crippen LogP contribution in [0.2, 0.25) is 0 Å². The zero-order valence-corrected chi connectivity index (χ0v) is 18.6. The number of rotatable bonds is 7. The third-order valence-corrected chi connectivity index (χ3v) is 6.33. The second kappa shape index (κ2) is 9.18. The Morgan fingerprint density at radius 1 is 1.03 bits per heavy atom. The molecule has 3 aromatic carbocycles. The van der Waals surface area contributed by atoms with E-state index in [-0.39, 0.29) is 0 Å². The predicted molar refractivity (Wildman–Crippen MR) is 126 cm³/mol. The van der Waals surface area contributed by atoms with Crippen LogP contribution in [0, 0.1) is 6.92 Å². The summed E-state index contributed by atoms with van der Waals surface area (Å²) in [5.74, 6) is 0.670. The van der Waals surface area contributed by atoms with Crippen LogP contribution in [-0.4, -0.2) is 20.9 Å². The molecule has 1 atom stereocenters. The van der Waals surface area contributed by atoms with Crippen molar-refractivity contribution in [1.29, 1.82) is 0 Å². The minimum atomic E-state index is -1.44. The normalized spacial score (nSPS) is 11.8. The SMILES string of the molecule is CCc1ccccc1-c1ccccc1S(=O)Nc1ccc(-n2cnc(C)c2)c(OC)c1. The number of nitrogens with zero attached hydrogens (tertiary/aromatic N) is 2. The summed E-state index contributed by atoms with van der Waals surface area (Å²) in [6.45, 7) is 4.07. The van der Waals surface area contributed by atoms with Crippen LogP contribution in [0.5, 0.6) is 5.75 Å². The van der Waals surface area contributed by atoms with Crippen molar-refractivity contribution in [2.24, 2.45) is 0 Å². The summed E-state index contributed by atoms with van der Waals surface area (Å²) in [4.78, 5) is 5.02. The average Bonchev–Trinajstić information content (AvgIpc) is 3.24. The van der Waals surface area contributed by atoms with Crippen LogP contribution >= 0.6 is 0 Å². The highest BCUT2D eigenvalue weighted by molar-refractivity contribution is 7.86. The van der Waals surface area contributed by atoms with Crippen LogP contribution in [0.15, 0.2) is 84.1 Å². The third-order valence-electron chi connectivity index (χ3n) is 5.16.